The van der Waals surface area contributed by atoms with Crippen molar-refractivity contribution < 1.29 is 14.3 Å². The lowest BCUT2D eigenvalue weighted by Gasteiger charge is -2.31. The Balaban J connectivity index is 1.24. The first-order valence-electron chi connectivity index (χ1n) is 10.5. The van der Waals surface area contributed by atoms with Crippen LogP contribution in [0.25, 0.3) is 10.9 Å². The molecule has 1 fully saturated rings. The molecule has 0 aliphatic carbocycles. The lowest BCUT2D eigenvalue weighted by molar-refractivity contribution is 0.0707. The summed E-state index contributed by atoms with van der Waals surface area (Å²) in [6, 6.07) is 9.34. The van der Waals surface area contributed by atoms with E-state index < -0.39 is 0 Å². The Bertz CT molecular complexity index is 1300. The molecule has 168 valence electrons. The minimum Gasteiger partial charge on any atom is -0.496 e. The van der Waals surface area contributed by atoms with Crippen LogP contribution in [-0.2, 0) is 0 Å². The number of hydrogen-bond acceptors (Lipinski definition) is 8. The van der Waals surface area contributed by atoms with Gasteiger partial charge in [-0.1, -0.05) is 12.1 Å². The van der Waals surface area contributed by atoms with Crippen molar-refractivity contribution in [3.63, 3.8) is 0 Å². The molecule has 10 heteroatoms. The second-order valence-electron chi connectivity index (χ2n) is 7.66. The van der Waals surface area contributed by atoms with Crippen molar-refractivity contribution in [2.75, 3.05) is 25.5 Å². The summed E-state index contributed by atoms with van der Waals surface area (Å²) in [5.74, 6) is 0.515. The number of thiazole rings is 2. The van der Waals surface area contributed by atoms with Gasteiger partial charge in [-0.2, -0.15) is 0 Å². The normalized spacial score (nSPS) is 14.4. The van der Waals surface area contributed by atoms with E-state index in [4.69, 9.17) is 4.74 Å². The van der Waals surface area contributed by atoms with Gasteiger partial charge in [0.05, 0.1) is 17.6 Å². The monoisotopic (exact) mass is 479 g/mol. The summed E-state index contributed by atoms with van der Waals surface area (Å²) in [7, 11) is 1.60. The predicted molar refractivity (Wildman–Crippen MR) is 128 cm³/mol. The van der Waals surface area contributed by atoms with Crippen molar-refractivity contribution in [2.45, 2.75) is 18.8 Å². The smallest absolute Gasteiger partial charge is 0.276 e. The number of rotatable bonds is 5. The average molecular weight is 480 g/mol. The maximum atomic E-state index is 13.1. The van der Waals surface area contributed by atoms with E-state index in [0.29, 0.717) is 35.4 Å². The molecule has 1 saturated heterocycles. The topological polar surface area (TPSA) is 97.3 Å². The number of amides is 2. The predicted octanol–water partition coefficient (Wildman–Crippen LogP) is 4.43. The first kappa shape index (κ1) is 21.5. The van der Waals surface area contributed by atoms with Crippen LogP contribution in [0.5, 0.6) is 5.75 Å². The van der Waals surface area contributed by atoms with Crippen molar-refractivity contribution in [2.24, 2.45) is 0 Å². The van der Waals surface area contributed by atoms with Gasteiger partial charge in [0.2, 0.25) is 0 Å². The summed E-state index contributed by atoms with van der Waals surface area (Å²) in [5, 5.41) is 8.71. The molecule has 0 unspecified atom stereocenters. The van der Waals surface area contributed by atoms with Gasteiger partial charge in [-0.05, 0) is 25.0 Å². The van der Waals surface area contributed by atoms with Gasteiger partial charge in [0.25, 0.3) is 11.8 Å². The van der Waals surface area contributed by atoms with Crippen LogP contribution in [-0.4, -0.2) is 51.9 Å². The number of pyridine rings is 1. The molecule has 1 aromatic carbocycles. The zero-order valence-corrected chi connectivity index (χ0v) is 19.5. The number of hydrogen-bond donors (Lipinski definition) is 1. The van der Waals surface area contributed by atoms with Gasteiger partial charge >= 0.3 is 0 Å². The maximum Gasteiger partial charge on any atom is 0.276 e. The summed E-state index contributed by atoms with van der Waals surface area (Å²) >= 11 is 2.85. The molecule has 1 aliphatic rings. The average Bonchev–Trinajstić information content (AvgIpc) is 3.55. The number of piperidine rings is 1. The summed E-state index contributed by atoms with van der Waals surface area (Å²) < 4.78 is 5.48. The Hall–Kier alpha value is -3.37. The first-order chi connectivity index (χ1) is 16.1. The van der Waals surface area contributed by atoms with Crippen LogP contribution in [0.15, 0.2) is 47.3 Å². The molecule has 5 rings (SSSR count). The highest BCUT2D eigenvalue weighted by atomic mass is 32.1. The van der Waals surface area contributed by atoms with Gasteiger partial charge in [-0.25, -0.2) is 15.0 Å². The Morgan fingerprint density at radius 2 is 1.94 bits per heavy atom. The Kier molecular flexibility index (Phi) is 6.01. The van der Waals surface area contributed by atoms with Crippen LogP contribution in [0, 0.1) is 0 Å². The van der Waals surface area contributed by atoms with E-state index in [1.807, 2.05) is 29.2 Å². The molecule has 1 aliphatic heterocycles. The number of methoxy groups -OCH3 is 1. The fourth-order valence-electron chi connectivity index (χ4n) is 3.94. The van der Waals surface area contributed by atoms with Crippen molar-refractivity contribution in [3.05, 3.63) is 63.7 Å². The fourth-order valence-corrected chi connectivity index (χ4v) is 5.43. The van der Waals surface area contributed by atoms with Crippen LogP contribution in [0.1, 0.15) is 44.7 Å². The minimum absolute atomic E-state index is 0.0971. The van der Waals surface area contributed by atoms with Gasteiger partial charge in [0.15, 0.2) is 5.13 Å². The number of anilines is 1. The van der Waals surface area contributed by atoms with Crippen LogP contribution in [0.4, 0.5) is 5.13 Å². The van der Waals surface area contributed by atoms with Gasteiger partial charge in [-0.15, -0.1) is 22.7 Å². The first-order valence-corrected chi connectivity index (χ1v) is 12.3. The third-order valence-corrected chi connectivity index (χ3v) is 7.35. The second kappa shape index (κ2) is 9.24. The molecule has 0 bridgehead atoms. The van der Waals surface area contributed by atoms with Crippen LogP contribution >= 0.6 is 22.7 Å². The van der Waals surface area contributed by atoms with E-state index in [1.54, 1.807) is 30.1 Å². The fraction of sp³-hybridized carbons (Fsp3) is 0.261. The molecule has 8 nitrogen and oxygen atoms in total. The molecule has 3 aromatic heterocycles. The van der Waals surface area contributed by atoms with E-state index in [1.165, 1.54) is 22.7 Å². The number of carbonyl (C=O) groups excluding carboxylic acids is 2. The van der Waals surface area contributed by atoms with E-state index in [-0.39, 0.29) is 17.7 Å². The largest absolute Gasteiger partial charge is 0.496 e. The third kappa shape index (κ3) is 4.44. The minimum atomic E-state index is -0.253. The van der Waals surface area contributed by atoms with Crippen molar-refractivity contribution in [3.8, 4) is 5.75 Å². The summed E-state index contributed by atoms with van der Waals surface area (Å²) in [4.78, 5) is 40.5. The van der Waals surface area contributed by atoms with Gasteiger partial charge in [-0.3, -0.25) is 14.9 Å². The van der Waals surface area contributed by atoms with Gasteiger partial charge in [0, 0.05) is 47.4 Å². The summed E-state index contributed by atoms with van der Waals surface area (Å²) in [6.07, 6.45) is 3.22. The molecule has 0 spiro atoms. The number of benzene rings is 1. The Labute approximate surface area is 198 Å². The molecular formula is C23H21N5O3S2. The maximum absolute atomic E-state index is 13.1. The van der Waals surface area contributed by atoms with E-state index in [9.17, 15) is 9.59 Å². The summed E-state index contributed by atoms with van der Waals surface area (Å²) in [5.41, 5.74) is 1.52. The molecule has 33 heavy (non-hydrogen) atoms. The third-order valence-electron chi connectivity index (χ3n) is 5.66. The number of fused-ring (bicyclic) bond motifs is 1. The standard InChI is InChI=1S/C23H21N5O3S2/c1-31-19-12-17(25-16-5-3-2-4-15(16)19)22(30)28-9-6-14(7-10-28)21-26-18(13-33-21)20(29)27-23-24-8-11-32-23/h2-5,8,11-14H,6-7,9-10H2,1H3,(H,24,27,29). The lowest BCUT2D eigenvalue weighted by atomic mass is 9.97. The second-order valence-corrected chi connectivity index (χ2v) is 9.44. The molecule has 0 atom stereocenters. The number of carbonyl (C=O) groups is 2. The zero-order valence-electron chi connectivity index (χ0n) is 17.9. The van der Waals surface area contributed by atoms with Crippen LogP contribution in [0.3, 0.4) is 0 Å². The number of ether oxygens (including phenoxy) is 1. The Morgan fingerprint density at radius 3 is 2.70 bits per heavy atom. The number of para-hydroxylation sites is 1. The highest BCUT2D eigenvalue weighted by Gasteiger charge is 2.28. The van der Waals surface area contributed by atoms with Crippen molar-refractivity contribution in [1.82, 2.24) is 19.9 Å². The van der Waals surface area contributed by atoms with Crippen molar-refractivity contribution >= 4 is 50.5 Å². The molecule has 4 heterocycles. The molecule has 0 radical (unpaired) electrons. The highest BCUT2D eigenvalue weighted by molar-refractivity contribution is 7.13. The van der Waals surface area contributed by atoms with E-state index >= 15 is 0 Å². The van der Waals surface area contributed by atoms with Crippen LogP contribution < -0.4 is 10.1 Å². The molecular weight excluding hydrogens is 458 g/mol. The summed E-state index contributed by atoms with van der Waals surface area (Å²) in [6.45, 7) is 1.22. The van der Waals surface area contributed by atoms with Crippen molar-refractivity contribution in [1.29, 1.82) is 0 Å². The zero-order chi connectivity index (χ0) is 22.8. The van der Waals surface area contributed by atoms with E-state index in [0.717, 1.165) is 28.8 Å². The van der Waals surface area contributed by atoms with E-state index in [2.05, 4.69) is 20.3 Å². The molecule has 4 aromatic rings. The molecule has 2 amide bonds. The van der Waals surface area contributed by atoms with Gasteiger partial charge < -0.3 is 9.64 Å². The highest BCUT2D eigenvalue weighted by Crippen LogP contribution is 2.32. The number of nitrogens with zero attached hydrogens (tertiary/aromatic N) is 4. The number of aromatic nitrogens is 3. The molecule has 0 saturated carbocycles. The number of likely N-dealkylation sites (tertiary alicyclic amines) is 1. The lowest BCUT2D eigenvalue weighted by Crippen LogP contribution is -2.38. The quantitative estimate of drug-likeness (QED) is 0.455. The molecule has 1 N–H and O–H groups in total. The van der Waals surface area contributed by atoms with Crippen LogP contribution in [0.2, 0.25) is 0 Å². The Morgan fingerprint density at radius 1 is 1.12 bits per heavy atom. The number of nitrogens with one attached hydrogen (secondary N) is 1. The SMILES string of the molecule is COc1cc(C(=O)N2CCC(c3nc(C(=O)Nc4nccs4)cs3)CC2)nc2ccccc12. The van der Waals surface area contributed by atoms with Gasteiger partial charge in [0.1, 0.15) is 17.1 Å².